The fourth-order valence-corrected chi connectivity index (χ4v) is 3.49. The first kappa shape index (κ1) is 17.2. The highest BCUT2D eigenvalue weighted by Crippen LogP contribution is 2.21. The molecule has 0 radical (unpaired) electrons. The molecule has 132 valence electrons. The monoisotopic (exact) mass is 334 g/mol. The summed E-state index contributed by atoms with van der Waals surface area (Å²) in [6, 6.07) is 5.74. The third-order valence-corrected chi connectivity index (χ3v) is 5.00. The van der Waals surface area contributed by atoms with E-state index in [1.807, 2.05) is 12.1 Å². The van der Waals surface area contributed by atoms with Crippen LogP contribution in [0.4, 0.5) is 10.1 Å². The van der Waals surface area contributed by atoms with E-state index in [-0.39, 0.29) is 11.7 Å². The van der Waals surface area contributed by atoms with Gasteiger partial charge in [-0.1, -0.05) is 6.07 Å². The summed E-state index contributed by atoms with van der Waals surface area (Å²) in [5.74, 6) is -0.202. The van der Waals surface area contributed by atoms with Gasteiger partial charge in [0.05, 0.1) is 12.2 Å². The molecule has 0 spiro atoms. The minimum absolute atomic E-state index is 0.00957. The summed E-state index contributed by atoms with van der Waals surface area (Å²) in [7, 11) is 0. The summed E-state index contributed by atoms with van der Waals surface area (Å²) < 4.78 is 14.4. The number of anilines is 1. The van der Waals surface area contributed by atoms with Crippen LogP contribution in [0, 0.1) is 5.82 Å². The maximum absolute atomic E-state index is 14.4. The topological polar surface area (TPSA) is 47.6 Å². The minimum Gasteiger partial charge on any atom is -0.367 e. The van der Waals surface area contributed by atoms with E-state index >= 15 is 0 Å². The molecule has 0 aromatic heterocycles. The molecule has 1 unspecified atom stereocenters. The Morgan fingerprint density at radius 3 is 2.79 bits per heavy atom. The molecule has 1 aromatic rings. The zero-order valence-electron chi connectivity index (χ0n) is 14.4. The highest BCUT2D eigenvalue weighted by Gasteiger charge is 2.22. The molecule has 0 saturated carbocycles. The van der Waals surface area contributed by atoms with Gasteiger partial charge < -0.3 is 15.5 Å². The average Bonchev–Trinajstić information content (AvgIpc) is 2.99. The Labute approximate surface area is 143 Å². The number of carbonyl (C=O) groups is 1. The lowest BCUT2D eigenvalue weighted by Gasteiger charge is -2.29. The molecule has 0 aliphatic carbocycles. The molecule has 2 saturated heterocycles. The summed E-state index contributed by atoms with van der Waals surface area (Å²) in [6.45, 7) is 7.36. The molecule has 6 heteroatoms. The van der Waals surface area contributed by atoms with Crippen molar-refractivity contribution in [2.45, 2.75) is 32.4 Å². The number of amides is 1. The van der Waals surface area contributed by atoms with Crippen molar-refractivity contribution in [2.24, 2.45) is 0 Å². The summed E-state index contributed by atoms with van der Waals surface area (Å²) in [6.07, 6.45) is 2.32. The Kier molecular flexibility index (Phi) is 5.68. The van der Waals surface area contributed by atoms with E-state index in [0.29, 0.717) is 24.8 Å². The fraction of sp³-hybridized carbons (Fsp3) is 0.611. The number of benzene rings is 1. The van der Waals surface area contributed by atoms with Crippen LogP contribution >= 0.6 is 0 Å². The largest absolute Gasteiger partial charge is 0.367 e. The van der Waals surface area contributed by atoms with Crippen molar-refractivity contribution in [1.29, 1.82) is 0 Å². The molecule has 3 rings (SSSR count). The number of likely N-dealkylation sites (tertiary alicyclic amines) is 1. The van der Waals surface area contributed by atoms with Crippen molar-refractivity contribution < 1.29 is 9.18 Å². The van der Waals surface area contributed by atoms with Crippen LogP contribution in [0.15, 0.2) is 18.2 Å². The number of piperazine rings is 1. The maximum atomic E-state index is 14.4. The summed E-state index contributed by atoms with van der Waals surface area (Å²) in [5.41, 5.74) is 1.45. The summed E-state index contributed by atoms with van der Waals surface area (Å²) in [5, 5.41) is 6.17. The van der Waals surface area contributed by atoms with Gasteiger partial charge in [-0.25, -0.2) is 4.39 Å². The lowest BCUT2D eigenvalue weighted by molar-refractivity contribution is -0.122. The van der Waals surface area contributed by atoms with Crippen LogP contribution in [0.3, 0.4) is 0 Å². The Balaban J connectivity index is 1.52. The third-order valence-electron chi connectivity index (χ3n) is 5.00. The van der Waals surface area contributed by atoms with Gasteiger partial charge in [0.15, 0.2) is 0 Å². The van der Waals surface area contributed by atoms with Gasteiger partial charge in [-0.15, -0.1) is 0 Å². The van der Waals surface area contributed by atoms with Crippen LogP contribution in [-0.2, 0) is 11.3 Å². The highest BCUT2D eigenvalue weighted by atomic mass is 19.1. The van der Waals surface area contributed by atoms with Gasteiger partial charge in [0.25, 0.3) is 0 Å². The van der Waals surface area contributed by atoms with Gasteiger partial charge >= 0.3 is 0 Å². The molecule has 2 aliphatic heterocycles. The summed E-state index contributed by atoms with van der Waals surface area (Å²) in [4.78, 5) is 16.3. The van der Waals surface area contributed by atoms with Crippen molar-refractivity contribution >= 4 is 11.6 Å². The quantitative estimate of drug-likeness (QED) is 0.853. The van der Waals surface area contributed by atoms with E-state index in [0.717, 1.165) is 51.1 Å². The predicted molar refractivity (Wildman–Crippen MR) is 93.6 cm³/mol. The molecule has 5 nitrogen and oxygen atoms in total. The second-order valence-corrected chi connectivity index (χ2v) is 6.76. The number of nitrogens with zero attached hydrogens (tertiary/aromatic N) is 2. The second-order valence-electron chi connectivity index (χ2n) is 6.76. The number of rotatable bonds is 5. The average molecular weight is 334 g/mol. The fourth-order valence-electron chi connectivity index (χ4n) is 3.49. The van der Waals surface area contributed by atoms with E-state index in [4.69, 9.17) is 0 Å². The second kappa shape index (κ2) is 7.94. The molecule has 0 bridgehead atoms. The molecule has 1 aromatic carbocycles. The van der Waals surface area contributed by atoms with Gasteiger partial charge in [-0.05, 0) is 44.0 Å². The number of nitrogens with one attached hydrogen (secondary N) is 2. The third kappa shape index (κ3) is 4.24. The molecule has 24 heavy (non-hydrogen) atoms. The first-order chi connectivity index (χ1) is 11.6. The molecule has 2 aliphatic rings. The Bertz CT molecular complexity index is 574. The number of hydrogen-bond donors (Lipinski definition) is 2. The van der Waals surface area contributed by atoms with Gasteiger partial charge in [0, 0.05) is 38.8 Å². The standard InChI is InChI=1S/C18H27FN4O/c1-14-3-2-8-23(14)13-18(24)21-12-15-4-5-17(16(19)11-15)22-9-6-20-7-10-22/h4-5,11,14,20H,2-3,6-10,12-13H2,1H3,(H,21,24). The molecule has 2 N–H and O–H groups in total. The zero-order chi connectivity index (χ0) is 16.9. The molecule has 1 amide bonds. The van der Waals surface area contributed by atoms with Gasteiger partial charge in [0.2, 0.25) is 5.91 Å². The normalized spacial score (nSPS) is 21.9. The Hall–Kier alpha value is -1.66. The van der Waals surface area contributed by atoms with Crippen LogP contribution in [0.25, 0.3) is 0 Å². The van der Waals surface area contributed by atoms with E-state index in [9.17, 15) is 9.18 Å². The van der Waals surface area contributed by atoms with Crippen molar-refractivity contribution in [3.63, 3.8) is 0 Å². The first-order valence-electron chi connectivity index (χ1n) is 8.88. The van der Waals surface area contributed by atoms with Crippen molar-refractivity contribution in [1.82, 2.24) is 15.5 Å². The van der Waals surface area contributed by atoms with Gasteiger partial charge in [-0.2, -0.15) is 0 Å². The lowest BCUT2D eigenvalue weighted by Crippen LogP contribution is -2.43. The minimum atomic E-state index is -0.211. The van der Waals surface area contributed by atoms with E-state index in [1.54, 1.807) is 0 Å². The molecular formula is C18H27FN4O. The molecule has 2 heterocycles. The molecule has 2 fully saturated rings. The first-order valence-corrected chi connectivity index (χ1v) is 8.88. The highest BCUT2D eigenvalue weighted by molar-refractivity contribution is 5.78. The van der Waals surface area contributed by atoms with Crippen molar-refractivity contribution in [2.75, 3.05) is 44.2 Å². The summed E-state index contributed by atoms with van der Waals surface area (Å²) >= 11 is 0. The van der Waals surface area contributed by atoms with Crippen LogP contribution in [0.5, 0.6) is 0 Å². The van der Waals surface area contributed by atoms with Crippen LogP contribution in [0.2, 0.25) is 0 Å². The molecule has 1 atom stereocenters. The SMILES string of the molecule is CC1CCCN1CC(=O)NCc1ccc(N2CCNCC2)c(F)c1. The Morgan fingerprint density at radius 2 is 2.12 bits per heavy atom. The van der Waals surface area contributed by atoms with Crippen LogP contribution in [-0.4, -0.2) is 56.1 Å². The van der Waals surface area contributed by atoms with Gasteiger partial charge in [0.1, 0.15) is 5.82 Å². The van der Waals surface area contributed by atoms with Gasteiger partial charge in [-0.3, -0.25) is 9.69 Å². The van der Waals surface area contributed by atoms with E-state index in [2.05, 4.69) is 27.4 Å². The smallest absolute Gasteiger partial charge is 0.234 e. The van der Waals surface area contributed by atoms with E-state index in [1.165, 1.54) is 6.07 Å². The number of halogens is 1. The molecular weight excluding hydrogens is 307 g/mol. The van der Waals surface area contributed by atoms with Crippen molar-refractivity contribution in [3.05, 3.63) is 29.6 Å². The Morgan fingerprint density at radius 1 is 1.33 bits per heavy atom. The number of carbonyl (C=O) groups excluding carboxylic acids is 1. The predicted octanol–water partition coefficient (Wildman–Crippen LogP) is 1.34. The van der Waals surface area contributed by atoms with E-state index < -0.39 is 0 Å². The lowest BCUT2D eigenvalue weighted by atomic mass is 10.1. The van der Waals surface area contributed by atoms with Crippen molar-refractivity contribution in [3.8, 4) is 0 Å². The maximum Gasteiger partial charge on any atom is 0.234 e. The zero-order valence-corrected chi connectivity index (χ0v) is 14.4. The van der Waals surface area contributed by atoms with Crippen LogP contribution < -0.4 is 15.5 Å². The van der Waals surface area contributed by atoms with Crippen LogP contribution in [0.1, 0.15) is 25.3 Å². The number of hydrogen-bond acceptors (Lipinski definition) is 4.